The molecular weight excluding hydrogens is 364 g/mol. The van der Waals surface area contributed by atoms with E-state index in [1.54, 1.807) is 0 Å². The van der Waals surface area contributed by atoms with Crippen LogP contribution in [0.25, 0.3) is 0 Å². The van der Waals surface area contributed by atoms with E-state index in [4.69, 9.17) is 5.14 Å². The van der Waals surface area contributed by atoms with E-state index >= 15 is 0 Å². The molecule has 1 aromatic carbocycles. The van der Waals surface area contributed by atoms with Gasteiger partial charge in [-0.3, -0.25) is 9.59 Å². The Balaban J connectivity index is 1.96. The van der Waals surface area contributed by atoms with Crippen LogP contribution < -0.4 is 16.0 Å². The van der Waals surface area contributed by atoms with Gasteiger partial charge in [0, 0.05) is 17.4 Å². The van der Waals surface area contributed by atoms with Crippen molar-refractivity contribution >= 4 is 33.4 Å². The van der Waals surface area contributed by atoms with Gasteiger partial charge in [0.1, 0.15) is 0 Å². The maximum Gasteiger partial charge on any atom is 0.251 e. The largest absolute Gasteiger partial charge is 0.325 e. The number of hydrogen-bond donors (Lipinski definition) is 3. The van der Waals surface area contributed by atoms with E-state index in [-0.39, 0.29) is 22.1 Å². The Bertz CT molecular complexity index is 908. The zero-order valence-corrected chi connectivity index (χ0v) is 15.1. The number of thioether (sulfide) groups is 1. The first-order valence-corrected chi connectivity index (χ1v) is 9.97. The molecule has 8 nitrogen and oxygen atoms in total. The predicted molar refractivity (Wildman–Crippen MR) is 96.0 cm³/mol. The van der Waals surface area contributed by atoms with Gasteiger partial charge in [-0.25, -0.2) is 18.5 Å². The lowest BCUT2D eigenvalue weighted by molar-refractivity contribution is -0.113. The maximum atomic E-state index is 12.0. The van der Waals surface area contributed by atoms with E-state index in [0.717, 1.165) is 18.2 Å². The molecule has 0 saturated carbocycles. The zero-order valence-electron chi connectivity index (χ0n) is 13.5. The average molecular weight is 382 g/mol. The second kappa shape index (κ2) is 8.28. The molecule has 0 bridgehead atoms. The molecule has 0 saturated heterocycles. The molecule has 2 rings (SSSR count). The highest BCUT2D eigenvalue weighted by molar-refractivity contribution is 7.99. The van der Waals surface area contributed by atoms with Gasteiger partial charge in [-0.05, 0) is 30.7 Å². The molecule has 1 heterocycles. The molecule has 10 heteroatoms. The monoisotopic (exact) mass is 382 g/mol. The molecule has 0 unspecified atom stereocenters. The van der Waals surface area contributed by atoms with Crippen LogP contribution in [-0.4, -0.2) is 30.0 Å². The molecule has 0 aliphatic rings. The van der Waals surface area contributed by atoms with E-state index in [0.29, 0.717) is 23.0 Å². The minimum Gasteiger partial charge on any atom is -0.325 e. The molecule has 1 aromatic heterocycles. The number of nitrogens with two attached hydrogens (primary N) is 1. The van der Waals surface area contributed by atoms with Crippen LogP contribution in [0.3, 0.4) is 0 Å². The Labute approximate surface area is 149 Å². The third kappa shape index (κ3) is 6.00. The molecule has 0 atom stereocenters. The standard InChI is InChI=1S/C15H18N4O4S2/c1-2-3-11-8-13(20)19-15(18-11)24-9-14(21)17-10-4-6-12(7-5-10)25(16,22)23/h4-8H,2-3,9H2,1H3,(H,17,21)(H2,16,22,23)(H,18,19,20). The van der Waals surface area contributed by atoms with Crippen LogP contribution in [0, 0.1) is 0 Å². The summed E-state index contributed by atoms with van der Waals surface area (Å²) in [6.45, 7) is 1.99. The zero-order chi connectivity index (χ0) is 18.4. The number of benzene rings is 1. The third-order valence-electron chi connectivity index (χ3n) is 3.09. The number of aromatic nitrogens is 2. The van der Waals surface area contributed by atoms with E-state index in [1.807, 2.05) is 6.92 Å². The average Bonchev–Trinajstić information content (AvgIpc) is 2.52. The van der Waals surface area contributed by atoms with Crippen molar-refractivity contribution in [3.05, 3.63) is 46.4 Å². The lowest BCUT2D eigenvalue weighted by Crippen LogP contribution is -2.16. The van der Waals surface area contributed by atoms with E-state index < -0.39 is 10.0 Å². The number of hydrogen-bond acceptors (Lipinski definition) is 6. The summed E-state index contributed by atoms with van der Waals surface area (Å²) in [4.78, 5) is 30.4. The van der Waals surface area contributed by atoms with Gasteiger partial charge < -0.3 is 10.3 Å². The fourth-order valence-electron chi connectivity index (χ4n) is 1.99. The summed E-state index contributed by atoms with van der Waals surface area (Å²) >= 11 is 1.11. The van der Waals surface area contributed by atoms with Crippen LogP contribution in [0.4, 0.5) is 5.69 Å². The van der Waals surface area contributed by atoms with Crippen LogP contribution in [0.5, 0.6) is 0 Å². The summed E-state index contributed by atoms with van der Waals surface area (Å²) < 4.78 is 22.4. The highest BCUT2D eigenvalue weighted by Gasteiger charge is 2.09. The van der Waals surface area contributed by atoms with Crippen molar-refractivity contribution in [2.24, 2.45) is 5.14 Å². The number of amides is 1. The predicted octanol–water partition coefficient (Wildman–Crippen LogP) is 1.10. The number of rotatable bonds is 7. The number of carbonyl (C=O) groups is 1. The van der Waals surface area contributed by atoms with E-state index in [9.17, 15) is 18.0 Å². The first-order valence-electron chi connectivity index (χ1n) is 7.43. The first kappa shape index (κ1) is 19.2. The Kier molecular flexibility index (Phi) is 6.34. The van der Waals surface area contributed by atoms with Crippen LogP contribution in [0.15, 0.2) is 45.2 Å². The molecule has 2 aromatic rings. The summed E-state index contributed by atoms with van der Waals surface area (Å²) in [7, 11) is -3.77. The minimum absolute atomic E-state index is 0.0330. The molecule has 0 radical (unpaired) electrons. The molecule has 1 amide bonds. The highest BCUT2D eigenvalue weighted by atomic mass is 32.2. The number of aryl methyl sites for hydroxylation is 1. The summed E-state index contributed by atoms with van der Waals surface area (Å²) in [5.41, 5.74) is 0.881. The van der Waals surface area contributed by atoms with Crippen molar-refractivity contribution in [1.29, 1.82) is 0 Å². The summed E-state index contributed by atoms with van der Waals surface area (Å²) in [5.74, 6) is -0.257. The fourth-order valence-corrected chi connectivity index (χ4v) is 3.20. The van der Waals surface area contributed by atoms with Gasteiger partial charge in [0.2, 0.25) is 15.9 Å². The number of carbonyl (C=O) groups excluding carboxylic acids is 1. The first-order chi connectivity index (χ1) is 11.8. The Morgan fingerprint density at radius 2 is 2.00 bits per heavy atom. The highest BCUT2D eigenvalue weighted by Crippen LogP contribution is 2.15. The number of nitrogens with zero attached hydrogens (tertiary/aromatic N) is 1. The Hall–Kier alpha value is -2.17. The molecule has 25 heavy (non-hydrogen) atoms. The summed E-state index contributed by atoms with van der Waals surface area (Å²) in [6.07, 6.45) is 1.57. The molecule has 0 aliphatic carbocycles. The van der Waals surface area contributed by atoms with Gasteiger partial charge >= 0.3 is 0 Å². The number of sulfonamides is 1. The van der Waals surface area contributed by atoms with Gasteiger partial charge in [0.05, 0.1) is 10.6 Å². The van der Waals surface area contributed by atoms with Crippen LogP contribution in [0.1, 0.15) is 19.0 Å². The van der Waals surface area contributed by atoms with Gasteiger partial charge in [0.25, 0.3) is 5.56 Å². The van der Waals surface area contributed by atoms with Crippen LogP contribution in [-0.2, 0) is 21.2 Å². The van der Waals surface area contributed by atoms with E-state index in [1.165, 1.54) is 30.3 Å². The van der Waals surface area contributed by atoms with Crippen LogP contribution >= 0.6 is 11.8 Å². The number of anilines is 1. The lowest BCUT2D eigenvalue weighted by Gasteiger charge is -2.06. The second-order valence-corrected chi connectivity index (χ2v) is 7.72. The fraction of sp³-hybridized carbons (Fsp3) is 0.267. The minimum atomic E-state index is -3.77. The van der Waals surface area contributed by atoms with Crippen molar-refractivity contribution in [2.75, 3.05) is 11.1 Å². The smallest absolute Gasteiger partial charge is 0.251 e. The van der Waals surface area contributed by atoms with Crippen molar-refractivity contribution in [2.45, 2.75) is 29.8 Å². The van der Waals surface area contributed by atoms with Crippen LogP contribution in [0.2, 0.25) is 0 Å². The lowest BCUT2D eigenvalue weighted by atomic mass is 10.2. The summed E-state index contributed by atoms with van der Waals surface area (Å²) in [5, 5.41) is 8.03. The number of nitrogens with one attached hydrogen (secondary N) is 2. The molecule has 0 fully saturated rings. The number of primary sulfonamides is 1. The topological polar surface area (TPSA) is 135 Å². The molecule has 4 N–H and O–H groups in total. The number of H-pyrrole nitrogens is 1. The SMILES string of the molecule is CCCc1cc(=O)[nH]c(SCC(=O)Nc2ccc(S(N)(=O)=O)cc2)n1. The molecular formula is C15H18N4O4S2. The quantitative estimate of drug-likeness (QED) is 0.485. The normalized spacial score (nSPS) is 11.3. The Morgan fingerprint density at radius 3 is 2.60 bits per heavy atom. The van der Waals surface area contributed by atoms with Crippen molar-refractivity contribution in [3.8, 4) is 0 Å². The van der Waals surface area contributed by atoms with Crippen molar-refractivity contribution < 1.29 is 13.2 Å². The Morgan fingerprint density at radius 1 is 1.32 bits per heavy atom. The molecule has 134 valence electrons. The van der Waals surface area contributed by atoms with Gasteiger partial charge in [-0.2, -0.15) is 0 Å². The third-order valence-corrected chi connectivity index (χ3v) is 4.89. The van der Waals surface area contributed by atoms with Gasteiger partial charge in [0.15, 0.2) is 5.16 Å². The number of aromatic amines is 1. The van der Waals surface area contributed by atoms with Crippen molar-refractivity contribution in [3.63, 3.8) is 0 Å². The molecule has 0 aliphatic heterocycles. The van der Waals surface area contributed by atoms with Gasteiger partial charge in [-0.1, -0.05) is 25.1 Å². The van der Waals surface area contributed by atoms with Crippen molar-refractivity contribution in [1.82, 2.24) is 9.97 Å². The van der Waals surface area contributed by atoms with Gasteiger partial charge in [-0.15, -0.1) is 0 Å². The second-order valence-electron chi connectivity index (χ2n) is 5.20. The van der Waals surface area contributed by atoms with E-state index in [2.05, 4.69) is 15.3 Å². The maximum absolute atomic E-state index is 12.0. The summed E-state index contributed by atoms with van der Waals surface area (Å²) in [6, 6.07) is 6.96. The molecule has 0 spiro atoms.